The zero-order valence-corrected chi connectivity index (χ0v) is 14.3. The SMILES string of the molecule is C[C@@H](NC(=O)Nc1cccc(OCc2cscn2)c1)[C@H]1CCCO1. The molecule has 2 amide bonds. The van der Waals surface area contributed by atoms with Crippen LogP contribution in [0.5, 0.6) is 5.75 Å². The van der Waals surface area contributed by atoms with Crippen molar-refractivity contribution < 1.29 is 14.3 Å². The van der Waals surface area contributed by atoms with E-state index in [1.165, 1.54) is 11.3 Å². The first-order chi connectivity index (χ1) is 11.7. The number of benzene rings is 1. The monoisotopic (exact) mass is 347 g/mol. The number of hydrogen-bond acceptors (Lipinski definition) is 5. The lowest BCUT2D eigenvalue weighted by atomic mass is 10.1. The molecular formula is C17H21N3O3S. The van der Waals surface area contributed by atoms with E-state index in [4.69, 9.17) is 9.47 Å². The molecule has 1 fully saturated rings. The Bertz CT molecular complexity index is 657. The van der Waals surface area contributed by atoms with E-state index in [-0.39, 0.29) is 18.2 Å². The minimum Gasteiger partial charge on any atom is -0.487 e. The number of nitrogens with one attached hydrogen (secondary N) is 2. The van der Waals surface area contributed by atoms with Gasteiger partial charge in [0.05, 0.1) is 23.4 Å². The third kappa shape index (κ3) is 4.69. The lowest BCUT2D eigenvalue weighted by molar-refractivity contribution is 0.0868. The number of urea groups is 1. The molecule has 128 valence electrons. The molecule has 0 bridgehead atoms. The van der Waals surface area contributed by atoms with Gasteiger partial charge in [0.1, 0.15) is 12.4 Å². The molecule has 0 saturated carbocycles. The molecule has 1 aliphatic heterocycles. The number of anilines is 1. The molecule has 7 heteroatoms. The Morgan fingerprint density at radius 2 is 2.46 bits per heavy atom. The van der Waals surface area contributed by atoms with Gasteiger partial charge in [0.25, 0.3) is 0 Å². The summed E-state index contributed by atoms with van der Waals surface area (Å²) in [6.45, 7) is 3.15. The summed E-state index contributed by atoms with van der Waals surface area (Å²) in [7, 11) is 0. The largest absolute Gasteiger partial charge is 0.487 e. The van der Waals surface area contributed by atoms with Gasteiger partial charge in [0.2, 0.25) is 0 Å². The normalized spacial score (nSPS) is 18.1. The first kappa shape index (κ1) is 16.7. The number of carbonyl (C=O) groups excluding carboxylic acids is 1. The molecule has 24 heavy (non-hydrogen) atoms. The molecule has 6 nitrogen and oxygen atoms in total. The van der Waals surface area contributed by atoms with Gasteiger partial charge in [-0.3, -0.25) is 0 Å². The van der Waals surface area contributed by atoms with Gasteiger partial charge in [-0.2, -0.15) is 0 Å². The fraction of sp³-hybridized carbons (Fsp3) is 0.412. The van der Waals surface area contributed by atoms with Crippen molar-refractivity contribution in [3.8, 4) is 5.75 Å². The van der Waals surface area contributed by atoms with Crippen LogP contribution in [0.25, 0.3) is 0 Å². The van der Waals surface area contributed by atoms with E-state index < -0.39 is 0 Å². The molecular weight excluding hydrogens is 326 g/mol. The van der Waals surface area contributed by atoms with Crippen molar-refractivity contribution in [2.24, 2.45) is 0 Å². The number of ether oxygens (including phenoxy) is 2. The number of aromatic nitrogens is 1. The van der Waals surface area contributed by atoms with Crippen LogP contribution in [0.3, 0.4) is 0 Å². The summed E-state index contributed by atoms with van der Waals surface area (Å²) in [5.74, 6) is 0.688. The molecule has 2 aromatic rings. The van der Waals surface area contributed by atoms with E-state index in [9.17, 15) is 4.79 Å². The molecule has 1 aromatic carbocycles. The fourth-order valence-electron chi connectivity index (χ4n) is 2.59. The van der Waals surface area contributed by atoms with Crippen LogP contribution in [0.1, 0.15) is 25.5 Å². The number of rotatable bonds is 6. The number of thiazole rings is 1. The number of hydrogen-bond donors (Lipinski definition) is 2. The highest BCUT2D eigenvalue weighted by Crippen LogP contribution is 2.19. The van der Waals surface area contributed by atoms with Crippen molar-refractivity contribution in [1.82, 2.24) is 10.3 Å². The molecule has 2 atom stereocenters. The minimum atomic E-state index is -0.241. The number of nitrogens with zero attached hydrogens (tertiary/aromatic N) is 1. The Labute approximate surface area is 145 Å². The van der Waals surface area contributed by atoms with Gasteiger partial charge in [0.15, 0.2) is 0 Å². The van der Waals surface area contributed by atoms with Crippen molar-refractivity contribution in [2.75, 3.05) is 11.9 Å². The van der Waals surface area contributed by atoms with E-state index in [0.717, 1.165) is 25.1 Å². The van der Waals surface area contributed by atoms with Gasteiger partial charge >= 0.3 is 6.03 Å². The first-order valence-electron chi connectivity index (χ1n) is 8.00. The van der Waals surface area contributed by atoms with Crippen molar-refractivity contribution in [1.29, 1.82) is 0 Å². The van der Waals surface area contributed by atoms with Gasteiger partial charge in [-0.05, 0) is 31.9 Å². The predicted octanol–water partition coefficient (Wildman–Crippen LogP) is 3.41. The second-order valence-electron chi connectivity index (χ2n) is 5.73. The van der Waals surface area contributed by atoms with Gasteiger partial charge in [-0.1, -0.05) is 6.07 Å². The predicted molar refractivity (Wildman–Crippen MR) is 93.5 cm³/mol. The lowest BCUT2D eigenvalue weighted by Crippen LogP contribution is -2.42. The highest BCUT2D eigenvalue weighted by Gasteiger charge is 2.23. The summed E-state index contributed by atoms with van der Waals surface area (Å²) < 4.78 is 11.3. The Morgan fingerprint density at radius 3 is 3.21 bits per heavy atom. The van der Waals surface area contributed by atoms with E-state index in [1.54, 1.807) is 11.6 Å². The Hall–Kier alpha value is -2.12. The summed E-state index contributed by atoms with van der Waals surface area (Å²) in [6, 6.07) is 7.06. The third-order valence-electron chi connectivity index (χ3n) is 3.84. The molecule has 0 spiro atoms. The van der Waals surface area contributed by atoms with Crippen LogP contribution >= 0.6 is 11.3 Å². The minimum absolute atomic E-state index is 0.0170. The molecule has 1 aromatic heterocycles. The average Bonchev–Trinajstić information content (AvgIpc) is 3.27. The summed E-state index contributed by atoms with van der Waals surface area (Å²) in [5.41, 5.74) is 3.35. The van der Waals surface area contributed by atoms with Crippen LogP contribution in [0.4, 0.5) is 10.5 Å². The fourth-order valence-corrected chi connectivity index (χ4v) is 3.14. The molecule has 3 rings (SSSR count). The summed E-state index contributed by atoms with van der Waals surface area (Å²) in [6.07, 6.45) is 2.14. The number of amides is 2. The zero-order chi connectivity index (χ0) is 16.8. The standard InChI is InChI=1S/C17H21N3O3S/c1-12(16-6-3-7-22-16)19-17(21)20-13-4-2-5-15(8-13)23-9-14-10-24-11-18-14/h2,4-5,8,10-12,16H,3,6-7,9H2,1H3,(H2,19,20,21)/t12-,16-/m1/s1. The smallest absolute Gasteiger partial charge is 0.319 e. The maximum Gasteiger partial charge on any atom is 0.319 e. The molecule has 2 heterocycles. The molecule has 1 aliphatic rings. The second kappa shape index (κ2) is 8.12. The van der Waals surface area contributed by atoms with Crippen LogP contribution in [0, 0.1) is 0 Å². The zero-order valence-electron chi connectivity index (χ0n) is 13.5. The van der Waals surface area contributed by atoms with Crippen LogP contribution in [-0.2, 0) is 11.3 Å². The maximum atomic E-state index is 12.1. The van der Waals surface area contributed by atoms with Gasteiger partial charge in [-0.25, -0.2) is 9.78 Å². The first-order valence-corrected chi connectivity index (χ1v) is 8.94. The summed E-state index contributed by atoms with van der Waals surface area (Å²) in [4.78, 5) is 16.3. The van der Waals surface area contributed by atoms with Crippen LogP contribution < -0.4 is 15.4 Å². The van der Waals surface area contributed by atoms with Gasteiger partial charge in [-0.15, -0.1) is 11.3 Å². The molecule has 0 aliphatic carbocycles. The Morgan fingerprint density at radius 1 is 1.54 bits per heavy atom. The lowest BCUT2D eigenvalue weighted by Gasteiger charge is -2.20. The van der Waals surface area contributed by atoms with Crippen LogP contribution in [0.2, 0.25) is 0 Å². The highest BCUT2D eigenvalue weighted by molar-refractivity contribution is 7.07. The summed E-state index contributed by atoms with van der Waals surface area (Å²) >= 11 is 1.54. The number of carbonyl (C=O) groups is 1. The third-order valence-corrected chi connectivity index (χ3v) is 4.48. The average molecular weight is 347 g/mol. The van der Waals surface area contributed by atoms with Crippen molar-refractivity contribution in [3.05, 3.63) is 40.8 Å². The Kier molecular flexibility index (Phi) is 5.66. The van der Waals surface area contributed by atoms with Crippen LogP contribution in [-0.4, -0.2) is 29.8 Å². The molecule has 1 saturated heterocycles. The van der Waals surface area contributed by atoms with Crippen molar-refractivity contribution in [2.45, 2.75) is 38.5 Å². The van der Waals surface area contributed by atoms with Gasteiger partial charge < -0.3 is 20.1 Å². The van der Waals surface area contributed by atoms with Gasteiger partial charge in [0, 0.05) is 23.7 Å². The van der Waals surface area contributed by atoms with Crippen molar-refractivity contribution in [3.63, 3.8) is 0 Å². The Balaban J connectivity index is 1.50. The quantitative estimate of drug-likeness (QED) is 0.840. The topological polar surface area (TPSA) is 72.5 Å². The van der Waals surface area contributed by atoms with E-state index >= 15 is 0 Å². The van der Waals surface area contributed by atoms with Crippen LogP contribution in [0.15, 0.2) is 35.2 Å². The van der Waals surface area contributed by atoms with E-state index in [1.807, 2.05) is 30.5 Å². The second-order valence-corrected chi connectivity index (χ2v) is 6.45. The molecule has 0 radical (unpaired) electrons. The van der Waals surface area contributed by atoms with Crippen molar-refractivity contribution >= 4 is 23.1 Å². The maximum absolute atomic E-state index is 12.1. The molecule has 0 unspecified atom stereocenters. The van der Waals surface area contributed by atoms with E-state index in [2.05, 4.69) is 15.6 Å². The summed E-state index contributed by atoms with van der Waals surface area (Å²) in [5, 5.41) is 7.70. The highest BCUT2D eigenvalue weighted by atomic mass is 32.1. The molecule has 2 N–H and O–H groups in total. The van der Waals surface area contributed by atoms with E-state index in [0.29, 0.717) is 18.0 Å².